The number of fused-ring (bicyclic) bond motifs is 1. The van der Waals surface area contributed by atoms with E-state index < -0.39 is 0 Å². The SMILES string of the molecule is CSCC[C@H](N)C(=O)N1CCN(c2ncnc3sccc23)CC1.Cl. The number of aromatic nitrogens is 2. The van der Waals surface area contributed by atoms with Crippen LogP contribution in [0.15, 0.2) is 17.8 Å². The molecule has 2 aromatic rings. The molecule has 3 heterocycles. The van der Waals surface area contributed by atoms with E-state index in [0.717, 1.165) is 41.3 Å². The lowest BCUT2D eigenvalue weighted by Gasteiger charge is -2.36. The fourth-order valence-electron chi connectivity index (χ4n) is 2.77. The number of piperazine rings is 1. The molecule has 2 aromatic heterocycles. The number of hydrogen-bond acceptors (Lipinski definition) is 7. The minimum atomic E-state index is -0.378. The van der Waals surface area contributed by atoms with Gasteiger partial charge in [-0.2, -0.15) is 11.8 Å². The van der Waals surface area contributed by atoms with Crippen molar-refractivity contribution in [2.75, 3.05) is 43.1 Å². The van der Waals surface area contributed by atoms with Gasteiger partial charge in [0.05, 0.1) is 11.4 Å². The maximum atomic E-state index is 12.4. The number of hydrogen-bond donors (Lipinski definition) is 1. The summed E-state index contributed by atoms with van der Waals surface area (Å²) < 4.78 is 0. The molecule has 0 spiro atoms. The van der Waals surface area contributed by atoms with Crippen molar-refractivity contribution >= 4 is 57.4 Å². The summed E-state index contributed by atoms with van der Waals surface area (Å²) >= 11 is 3.34. The fraction of sp³-hybridized carbons (Fsp3) is 0.533. The molecule has 2 N–H and O–H groups in total. The molecular formula is C15H22ClN5OS2. The number of anilines is 1. The van der Waals surface area contributed by atoms with E-state index in [0.29, 0.717) is 13.1 Å². The van der Waals surface area contributed by atoms with Crippen LogP contribution in [0.5, 0.6) is 0 Å². The molecule has 0 bridgehead atoms. The Morgan fingerprint density at radius 3 is 2.83 bits per heavy atom. The number of halogens is 1. The maximum absolute atomic E-state index is 12.4. The van der Waals surface area contributed by atoms with Crippen LogP contribution in [0.3, 0.4) is 0 Å². The average Bonchev–Trinajstić information content (AvgIpc) is 3.08. The van der Waals surface area contributed by atoms with Crippen LogP contribution in [0.4, 0.5) is 5.82 Å². The predicted octanol–water partition coefficient (Wildman–Crippen LogP) is 1.84. The largest absolute Gasteiger partial charge is 0.352 e. The summed E-state index contributed by atoms with van der Waals surface area (Å²) in [5, 5.41) is 3.13. The summed E-state index contributed by atoms with van der Waals surface area (Å²) in [7, 11) is 0. The van der Waals surface area contributed by atoms with E-state index in [9.17, 15) is 4.79 Å². The van der Waals surface area contributed by atoms with Gasteiger partial charge < -0.3 is 15.5 Å². The average molecular weight is 388 g/mol. The van der Waals surface area contributed by atoms with E-state index >= 15 is 0 Å². The standard InChI is InChI=1S/C15H21N5OS2.ClH/c1-22-8-3-12(16)15(21)20-6-4-19(5-7-20)13-11-2-9-23-14(11)18-10-17-13;/h2,9-10,12H,3-8,16H2,1H3;1H/t12-;/m0./s1. The number of amides is 1. The molecule has 1 atom stereocenters. The first-order chi connectivity index (χ1) is 11.2. The van der Waals surface area contributed by atoms with Crippen LogP contribution in [-0.4, -0.2) is 65.0 Å². The second-order valence-electron chi connectivity index (χ2n) is 5.54. The normalized spacial score (nSPS) is 16.1. The van der Waals surface area contributed by atoms with Crippen LogP contribution >= 0.6 is 35.5 Å². The Kier molecular flexibility index (Phi) is 7.09. The van der Waals surface area contributed by atoms with Gasteiger partial charge in [0, 0.05) is 26.2 Å². The highest BCUT2D eigenvalue weighted by atomic mass is 35.5. The molecule has 6 nitrogen and oxygen atoms in total. The minimum absolute atomic E-state index is 0. The molecule has 1 amide bonds. The Labute approximate surface area is 156 Å². The van der Waals surface area contributed by atoms with Crippen molar-refractivity contribution in [2.45, 2.75) is 12.5 Å². The van der Waals surface area contributed by atoms with Gasteiger partial charge in [0.15, 0.2) is 0 Å². The predicted molar refractivity (Wildman–Crippen MR) is 104 cm³/mol. The second-order valence-corrected chi connectivity index (χ2v) is 7.42. The molecule has 132 valence electrons. The fourth-order valence-corrected chi connectivity index (χ4v) is 3.99. The van der Waals surface area contributed by atoms with Crippen molar-refractivity contribution in [1.82, 2.24) is 14.9 Å². The van der Waals surface area contributed by atoms with Crippen LogP contribution in [-0.2, 0) is 4.79 Å². The quantitative estimate of drug-likeness (QED) is 0.843. The lowest BCUT2D eigenvalue weighted by molar-refractivity contribution is -0.132. The van der Waals surface area contributed by atoms with E-state index in [1.165, 1.54) is 0 Å². The highest BCUT2D eigenvalue weighted by Crippen LogP contribution is 2.27. The van der Waals surface area contributed by atoms with Crippen molar-refractivity contribution < 1.29 is 4.79 Å². The number of rotatable bonds is 5. The van der Waals surface area contributed by atoms with Crippen LogP contribution in [0.1, 0.15) is 6.42 Å². The minimum Gasteiger partial charge on any atom is -0.352 e. The Balaban J connectivity index is 0.00000208. The van der Waals surface area contributed by atoms with Gasteiger partial charge in [-0.3, -0.25) is 4.79 Å². The van der Waals surface area contributed by atoms with Gasteiger partial charge in [-0.1, -0.05) is 0 Å². The maximum Gasteiger partial charge on any atom is 0.239 e. The highest BCUT2D eigenvalue weighted by molar-refractivity contribution is 7.98. The number of nitrogens with zero attached hydrogens (tertiary/aromatic N) is 4. The Morgan fingerprint density at radius 1 is 1.38 bits per heavy atom. The van der Waals surface area contributed by atoms with Crippen molar-refractivity contribution in [3.05, 3.63) is 17.8 Å². The zero-order chi connectivity index (χ0) is 16.2. The molecule has 0 aliphatic carbocycles. The van der Waals surface area contributed by atoms with Gasteiger partial charge in [-0.05, 0) is 29.9 Å². The van der Waals surface area contributed by atoms with E-state index in [-0.39, 0.29) is 24.4 Å². The third-order valence-electron chi connectivity index (χ3n) is 4.08. The summed E-state index contributed by atoms with van der Waals surface area (Å²) in [5.74, 6) is 1.96. The van der Waals surface area contributed by atoms with Crippen LogP contribution in [0.25, 0.3) is 10.2 Å². The Hall–Kier alpha value is -1.09. The van der Waals surface area contributed by atoms with Gasteiger partial charge in [-0.15, -0.1) is 23.7 Å². The highest BCUT2D eigenvalue weighted by Gasteiger charge is 2.26. The number of thiophene rings is 1. The van der Waals surface area contributed by atoms with Gasteiger partial charge in [0.2, 0.25) is 5.91 Å². The number of nitrogens with two attached hydrogens (primary N) is 1. The van der Waals surface area contributed by atoms with Crippen molar-refractivity contribution in [3.63, 3.8) is 0 Å². The van der Waals surface area contributed by atoms with Crippen molar-refractivity contribution in [2.24, 2.45) is 5.73 Å². The number of carbonyl (C=O) groups is 1. The zero-order valence-electron chi connectivity index (χ0n) is 13.6. The zero-order valence-corrected chi connectivity index (χ0v) is 16.0. The Bertz CT molecular complexity index is 675. The first-order valence-corrected chi connectivity index (χ1v) is 9.94. The smallest absolute Gasteiger partial charge is 0.239 e. The first kappa shape index (κ1) is 19.2. The summed E-state index contributed by atoms with van der Waals surface area (Å²) in [6.45, 7) is 2.95. The van der Waals surface area contributed by atoms with Crippen LogP contribution in [0.2, 0.25) is 0 Å². The molecule has 0 unspecified atom stereocenters. The summed E-state index contributed by atoms with van der Waals surface area (Å²) in [5.41, 5.74) is 6.00. The lowest BCUT2D eigenvalue weighted by Crippen LogP contribution is -2.53. The Morgan fingerprint density at radius 2 is 2.12 bits per heavy atom. The number of thioether (sulfide) groups is 1. The number of carbonyl (C=O) groups excluding carboxylic acids is 1. The molecule has 3 rings (SSSR count). The summed E-state index contributed by atoms with van der Waals surface area (Å²) in [6, 6.07) is 1.68. The van der Waals surface area contributed by atoms with Crippen LogP contribution < -0.4 is 10.6 Å². The molecule has 24 heavy (non-hydrogen) atoms. The van der Waals surface area contributed by atoms with E-state index in [1.807, 2.05) is 16.5 Å². The molecule has 0 aromatic carbocycles. The monoisotopic (exact) mass is 387 g/mol. The molecule has 1 aliphatic rings. The third-order valence-corrected chi connectivity index (χ3v) is 5.55. The van der Waals surface area contributed by atoms with Gasteiger partial charge >= 0.3 is 0 Å². The summed E-state index contributed by atoms with van der Waals surface area (Å²) in [4.78, 5) is 26.2. The molecule has 0 radical (unpaired) electrons. The van der Waals surface area contributed by atoms with E-state index in [2.05, 4.69) is 20.9 Å². The van der Waals surface area contributed by atoms with Crippen molar-refractivity contribution in [3.8, 4) is 0 Å². The van der Waals surface area contributed by atoms with Gasteiger partial charge in [0.25, 0.3) is 0 Å². The van der Waals surface area contributed by atoms with Gasteiger partial charge in [-0.25, -0.2) is 9.97 Å². The van der Waals surface area contributed by atoms with E-state index in [1.54, 1.807) is 29.4 Å². The molecule has 0 saturated carbocycles. The topological polar surface area (TPSA) is 75.4 Å². The van der Waals surface area contributed by atoms with Crippen molar-refractivity contribution in [1.29, 1.82) is 0 Å². The van der Waals surface area contributed by atoms with Gasteiger partial charge in [0.1, 0.15) is 17.0 Å². The molecule has 9 heteroatoms. The lowest BCUT2D eigenvalue weighted by atomic mass is 10.2. The van der Waals surface area contributed by atoms with E-state index in [4.69, 9.17) is 5.73 Å². The molecule has 1 aliphatic heterocycles. The molecule has 1 saturated heterocycles. The van der Waals surface area contributed by atoms with Crippen LogP contribution in [0, 0.1) is 0 Å². The second kappa shape index (κ2) is 8.84. The summed E-state index contributed by atoms with van der Waals surface area (Å²) in [6.07, 6.45) is 4.38. The molecular weight excluding hydrogens is 366 g/mol. The first-order valence-electron chi connectivity index (χ1n) is 7.67. The molecule has 1 fully saturated rings. The third kappa shape index (κ3) is 4.11.